The van der Waals surface area contributed by atoms with Crippen LogP contribution in [0.1, 0.15) is 22.3 Å². The Hall–Kier alpha value is -5.40. The number of hydrogen-bond donors (Lipinski definition) is 0. The fourth-order valence-corrected chi connectivity index (χ4v) is 8.12. The molecule has 0 unspecified atom stereocenters. The van der Waals surface area contributed by atoms with E-state index in [-0.39, 0.29) is 5.41 Å². The van der Waals surface area contributed by atoms with Gasteiger partial charge < -0.3 is 4.74 Å². The Morgan fingerprint density at radius 2 is 0.905 bits per heavy atom. The van der Waals surface area contributed by atoms with Crippen LogP contribution in [0.4, 0.5) is 0 Å². The first-order chi connectivity index (χ1) is 20.8. The molecule has 0 saturated heterocycles. The van der Waals surface area contributed by atoms with E-state index >= 15 is 0 Å². The summed E-state index contributed by atoms with van der Waals surface area (Å²) in [5.41, 5.74) is 15.2. The molecule has 10 rings (SSSR count). The molecule has 1 spiro atoms. The van der Waals surface area contributed by atoms with E-state index in [4.69, 9.17) is 4.74 Å². The molecule has 0 N–H and O–H groups in total. The molecular weight excluding hydrogens is 508 g/mol. The van der Waals surface area contributed by atoms with Gasteiger partial charge in [0.1, 0.15) is 11.5 Å². The van der Waals surface area contributed by atoms with E-state index in [2.05, 4.69) is 146 Å². The number of rotatable bonds is 1. The number of fused-ring (bicyclic) bond motifs is 12. The summed E-state index contributed by atoms with van der Waals surface area (Å²) in [5, 5.41) is 2.39. The lowest BCUT2D eigenvalue weighted by Gasteiger charge is -2.30. The third-order valence-electron chi connectivity index (χ3n) is 9.69. The topological polar surface area (TPSA) is 9.23 Å². The molecule has 42 heavy (non-hydrogen) atoms. The molecule has 194 valence electrons. The van der Waals surface area contributed by atoms with Crippen molar-refractivity contribution in [3.8, 4) is 56.0 Å². The van der Waals surface area contributed by atoms with Crippen molar-refractivity contribution < 1.29 is 4.74 Å². The van der Waals surface area contributed by atoms with Crippen LogP contribution < -0.4 is 4.74 Å². The molecule has 0 amide bonds. The van der Waals surface area contributed by atoms with Crippen molar-refractivity contribution in [2.24, 2.45) is 0 Å². The fourth-order valence-electron chi connectivity index (χ4n) is 8.12. The smallest absolute Gasteiger partial charge is 0.135 e. The van der Waals surface area contributed by atoms with Crippen molar-refractivity contribution in [1.29, 1.82) is 0 Å². The van der Waals surface area contributed by atoms with E-state index in [1.807, 2.05) is 0 Å². The summed E-state index contributed by atoms with van der Waals surface area (Å²) >= 11 is 0. The second-order valence-electron chi connectivity index (χ2n) is 11.6. The third-order valence-corrected chi connectivity index (χ3v) is 9.69. The molecule has 7 aromatic carbocycles. The zero-order valence-corrected chi connectivity index (χ0v) is 22.8. The van der Waals surface area contributed by atoms with Crippen LogP contribution in [0.3, 0.4) is 0 Å². The van der Waals surface area contributed by atoms with Gasteiger partial charge in [0.2, 0.25) is 0 Å². The molecular formula is C41H24O. The minimum atomic E-state index is -0.318. The predicted octanol–water partition coefficient (Wildman–Crippen LogP) is 10.6. The Morgan fingerprint density at radius 3 is 1.62 bits per heavy atom. The van der Waals surface area contributed by atoms with Gasteiger partial charge in [0, 0.05) is 10.9 Å². The fraction of sp³-hybridized carbons (Fsp3) is 0.0244. The Labute approximate surface area is 244 Å². The highest BCUT2D eigenvalue weighted by atomic mass is 16.5. The maximum Gasteiger partial charge on any atom is 0.135 e. The molecule has 0 radical (unpaired) electrons. The number of ether oxygens (including phenoxy) is 1. The van der Waals surface area contributed by atoms with E-state index < -0.39 is 0 Å². The average molecular weight is 533 g/mol. The van der Waals surface area contributed by atoms with Gasteiger partial charge in [0.25, 0.3) is 0 Å². The van der Waals surface area contributed by atoms with Gasteiger partial charge in [-0.25, -0.2) is 0 Å². The van der Waals surface area contributed by atoms with Gasteiger partial charge in [-0.1, -0.05) is 127 Å². The van der Waals surface area contributed by atoms with Gasteiger partial charge in [-0.05, 0) is 84.8 Å². The van der Waals surface area contributed by atoms with Gasteiger partial charge >= 0.3 is 0 Å². The highest BCUT2D eigenvalue weighted by molar-refractivity contribution is 6.08. The molecule has 0 saturated carbocycles. The summed E-state index contributed by atoms with van der Waals surface area (Å²) in [5.74, 6) is 1.84. The van der Waals surface area contributed by atoms with Gasteiger partial charge in [-0.3, -0.25) is 0 Å². The molecule has 1 heteroatoms. The van der Waals surface area contributed by atoms with Crippen molar-refractivity contribution in [3.63, 3.8) is 0 Å². The molecule has 0 fully saturated rings. The number of hydrogen-bond acceptors (Lipinski definition) is 1. The minimum Gasteiger partial charge on any atom is -0.456 e. The van der Waals surface area contributed by atoms with Gasteiger partial charge in [-0.15, -0.1) is 0 Å². The first kappa shape index (κ1) is 22.3. The van der Waals surface area contributed by atoms with E-state index in [0.29, 0.717) is 0 Å². The first-order valence-corrected chi connectivity index (χ1v) is 14.6. The Kier molecular flexibility index (Phi) is 4.18. The molecule has 7 aromatic rings. The lowest BCUT2D eigenvalue weighted by molar-refractivity contribution is 0.487. The van der Waals surface area contributed by atoms with Crippen molar-refractivity contribution in [3.05, 3.63) is 168 Å². The quantitative estimate of drug-likeness (QED) is 0.204. The van der Waals surface area contributed by atoms with Crippen LogP contribution in [0.25, 0.3) is 55.3 Å². The van der Waals surface area contributed by atoms with Crippen LogP contribution in [0.2, 0.25) is 0 Å². The monoisotopic (exact) mass is 532 g/mol. The molecule has 3 aliphatic rings. The number of benzene rings is 7. The molecule has 0 atom stereocenters. The van der Waals surface area contributed by atoms with Gasteiger partial charge in [0.15, 0.2) is 0 Å². The second-order valence-corrected chi connectivity index (χ2v) is 11.6. The van der Waals surface area contributed by atoms with Crippen LogP contribution in [0.5, 0.6) is 11.5 Å². The van der Waals surface area contributed by atoms with Crippen molar-refractivity contribution in [2.75, 3.05) is 0 Å². The summed E-state index contributed by atoms with van der Waals surface area (Å²) in [6.45, 7) is 0. The Balaban J connectivity index is 1.26. The normalized spacial score (nSPS) is 14.1. The molecule has 1 aliphatic heterocycles. The summed E-state index contributed by atoms with van der Waals surface area (Å²) < 4.78 is 6.51. The maximum atomic E-state index is 6.51. The Bertz CT molecular complexity index is 2240. The lowest BCUT2D eigenvalue weighted by atomic mass is 9.70. The molecule has 0 aromatic heterocycles. The van der Waals surface area contributed by atoms with Crippen molar-refractivity contribution >= 4 is 10.8 Å². The second kappa shape index (κ2) is 7.87. The zero-order valence-electron chi connectivity index (χ0n) is 22.8. The Morgan fingerprint density at radius 1 is 0.381 bits per heavy atom. The van der Waals surface area contributed by atoms with Crippen LogP contribution in [0, 0.1) is 0 Å². The molecule has 0 bridgehead atoms. The predicted molar refractivity (Wildman–Crippen MR) is 171 cm³/mol. The van der Waals surface area contributed by atoms with Crippen LogP contribution in [-0.2, 0) is 5.41 Å². The van der Waals surface area contributed by atoms with Gasteiger partial charge in [-0.2, -0.15) is 0 Å². The maximum absolute atomic E-state index is 6.51. The minimum absolute atomic E-state index is 0.318. The lowest BCUT2D eigenvalue weighted by Crippen LogP contribution is -2.25. The van der Waals surface area contributed by atoms with E-state index in [1.54, 1.807) is 0 Å². The van der Waals surface area contributed by atoms with Crippen molar-refractivity contribution in [1.82, 2.24) is 0 Å². The van der Waals surface area contributed by atoms with Crippen LogP contribution in [-0.4, -0.2) is 0 Å². The largest absolute Gasteiger partial charge is 0.456 e. The standard InChI is InChI=1S/C41H24O/c1-4-17-33-28(12-1)29-13-2-5-18-34(29)41(33)35-19-6-3-14-30(35)32-24-26(22-23-36(32)41)27-15-9-21-38-40(27)31-16-7-10-25-11-8-20-37(42-38)39(25)31/h1-24H. The zero-order chi connectivity index (χ0) is 27.4. The SMILES string of the molecule is c1ccc2c(c1)-c1ccccc1C21c2ccccc2-c2cc(-c3cccc4c3-c3cccc5cccc(c35)O4)ccc21. The van der Waals surface area contributed by atoms with E-state index in [0.717, 1.165) is 11.5 Å². The van der Waals surface area contributed by atoms with Crippen LogP contribution in [0.15, 0.2) is 146 Å². The highest BCUT2D eigenvalue weighted by Crippen LogP contribution is 2.63. The summed E-state index contributed by atoms with van der Waals surface area (Å²) in [4.78, 5) is 0. The summed E-state index contributed by atoms with van der Waals surface area (Å²) in [7, 11) is 0. The highest BCUT2D eigenvalue weighted by Gasteiger charge is 2.51. The van der Waals surface area contributed by atoms with Crippen LogP contribution >= 0.6 is 0 Å². The summed E-state index contributed by atoms with van der Waals surface area (Å²) in [6.07, 6.45) is 0. The van der Waals surface area contributed by atoms with E-state index in [1.165, 1.54) is 77.5 Å². The van der Waals surface area contributed by atoms with E-state index in [9.17, 15) is 0 Å². The molecule has 2 aliphatic carbocycles. The van der Waals surface area contributed by atoms with Gasteiger partial charge in [0.05, 0.1) is 5.41 Å². The molecule has 1 nitrogen and oxygen atoms in total. The first-order valence-electron chi connectivity index (χ1n) is 14.6. The van der Waals surface area contributed by atoms with Crippen molar-refractivity contribution in [2.45, 2.75) is 5.41 Å². The third kappa shape index (κ3) is 2.60. The summed E-state index contributed by atoms with van der Waals surface area (Å²) in [6, 6.07) is 53.4. The molecule has 1 heterocycles. The average Bonchev–Trinajstić information content (AvgIpc) is 3.52.